The minimum atomic E-state index is -0.871. The second-order valence-corrected chi connectivity index (χ2v) is 4.74. The highest BCUT2D eigenvalue weighted by Gasteiger charge is 2.12. The van der Waals surface area contributed by atoms with Gasteiger partial charge in [-0.1, -0.05) is 30.3 Å². The number of hydrogen-bond acceptors (Lipinski definition) is 2. The first kappa shape index (κ1) is 15.0. The molecular formula is C16H16F2N2O. The molecule has 0 heterocycles. The SMILES string of the molecule is Nc1cc(F)cc(F)c1NC(=O)CCCc1ccccc1. The van der Waals surface area contributed by atoms with E-state index in [0.717, 1.165) is 18.1 Å². The summed E-state index contributed by atoms with van der Waals surface area (Å²) >= 11 is 0. The highest BCUT2D eigenvalue weighted by molar-refractivity contribution is 5.93. The molecule has 2 aromatic carbocycles. The molecule has 0 aliphatic carbocycles. The minimum Gasteiger partial charge on any atom is -0.397 e. The fourth-order valence-corrected chi connectivity index (χ4v) is 2.03. The lowest BCUT2D eigenvalue weighted by atomic mass is 10.1. The molecule has 110 valence electrons. The van der Waals surface area contributed by atoms with Crippen molar-refractivity contribution < 1.29 is 13.6 Å². The fourth-order valence-electron chi connectivity index (χ4n) is 2.03. The van der Waals surface area contributed by atoms with Crippen LogP contribution in [-0.4, -0.2) is 5.91 Å². The minimum absolute atomic E-state index is 0.121. The smallest absolute Gasteiger partial charge is 0.224 e. The van der Waals surface area contributed by atoms with E-state index in [1.807, 2.05) is 30.3 Å². The fraction of sp³-hybridized carbons (Fsp3) is 0.188. The molecule has 3 N–H and O–H groups in total. The first-order chi connectivity index (χ1) is 10.1. The Balaban J connectivity index is 1.88. The molecule has 0 saturated heterocycles. The number of carbonyl (C=O) groups is 1. The number of halogens is 2. The summed E-state index contributed by atoms with van der Waals surface area (Å²) < 4.78 is 26.4. The average molecular weight is 290 g/mol. The number of nitrogen functional groups attached to an aromatic ring is 1. The Morgan fingerprint density at radius 2 is 1.86 bits per heavy atom. The van der Waals surface area contributed by atoms with Crippen molar-refractivity contribution in [1.29, 1.82) is 0 Å². The number of rotatable bonds is 5. The van der Waals surface area contributed by atoms with E-state index in [-0.39, 0.29) is 23.7 Å². The molecule has 3 nitrogen and oxygen atoms in total. The molecule has 5 heteroatoms. The summed E-state index contributed by atoms with van der Waals surface area (Å²) in [4.78, 5) is 11.8. The van der Waals surface area contributed by atoms with Crippen LogP contribution < -0.4 is 11.1 Å². The van der Waals surface area contributed by atoms with Gasteiger partial charge in [0.25, 0.3) is 0 Å². The van der Waals surface area contributed by atoms with Gasteiger partial charge in [0.15, 0.2) is 5.82 Å². The summed E-state index contributed by atoms with van der Waals surface area (Å²) in [5.74, 6) is -1.99. The van der Waals surface area contributed by atoms with Crippen molar-refractivity contribution in [2.24, 2.45) is 0 Å². The first-order valence-corrected chi connectivity index (χ1v) is 6.64. The lowest BCUT2D eigenvalue weighted by molar-refractivity contribution is -0.116. The quantitative estimate of drug-likeness (QED) is 0.828. The van der Waals surface area contributed by atoms with Gasteiger partial charge in [-0.3, -0.25) is 4.79 Å². The van der Waals surface area contributed by atoms with Crippen molar-refractivity contribution in [3.05, 3.63) is 59.7 Å². The van der Waals surface area contributed by atoms with E-state index in [0.29, 0.717) is 12.5 Å². The Bertz CT molecular complexity index is 606. The third-order valence-corrected chi connectivity index (χ3v) is 3.06. The monoisotopic (exact) mass is 290 g/mol. The molecule has 2 rings (SSSR count). The summed E-state index contributed by atoms with van der Waals surface area (Å²) in [6.07, 6.45) is 1.64. The standard InChI is InChI=1S/C16H16F2N2O/c17-12-9-13(18)16(14(19)10-12)20-15(21)8-4-7-11-5-2-1-3-6-11/h1-3,5-6,9-10H,4,7-8,19H2,(H,20,21). The van der Waals surface area contributed by atoms with Crippen molar-refractivity contribution >= 4 is 17.3 Å². The number of hydrogen-bond donors (Lipinski definition) is 2. The maximum Gasteiger partial charge on any atom is 0.224 e. The predicted octanol–water partition coefficient (Wildman–Crippen LogP) is 3.51. The van der Waals surface area contributed by atoms with Gasteiger partial charge in [-0.2, -0.15) is 0 Å². The zero-order chi connectivity index (χ0) is 15.2. The topological polar surface area (TPSA) is 55.1 Å². The number of benzene rings is 2. The summed E-state index contributed by atoms with van der Waals surface area (Å²) in [6, 6.07) is 11.4. The molecule has 2 aromatic rings. The molecule has 0 spiro atoms. The van der Waals surface area contributed by atoms with E-state index in [1.54, 1.807) is 0 Å². The van der Waals surface area contributed by atoms with Crippen molar-refractivity contribution in [2.45, 2.75) is 19.3 Å². The van der Waals surface area contributed by atoms with E-state index >= 15 is 0 Å². The van der Waals surface area contributed by atoms with Gasteiger partial charge in [0.2, 0.25) is 5.91 Å². The lowest BCUT2D eigenvalue weighted by Gasteiger charge is -2.09. The Hall–Kier alpha value is -2.43. The molecule has 0 aliphatic rings. The average Bonchev–Trinajstić information content (AvgIpc) is 2.44. The van der Waals surface area contributed by atoms with E-state index in [9.17, 15) is 13.6 Å². The van der Waals surface area contributed by atoms with Gasteiger partial charge in [-0.25, -0.2) is 8.78 Å². The Morgan fingerprint density at radius 1 is 1.14 bits per heavy atom. The maximum atomic E-state index is 13.5. The molecule has 0 atom stereocenters. The summed E-state index contributed by atoms with van der Waals surface area (Å²) in [6.45, 7) is 0. The van der Waals surface area contributed by atoms with Crippen molar-refractivity contribution in [1.82, 2.24) is 0 Å². The predicted molar refractivity (Wildman–Crippen MR) is 78.8 cm³/mol. The maximum absolute atomic E-state index is 13.5. The number of aryl methyl sites for hydroxylation is 1. The van der Waals surface area contributed by atoms with Crippen LogP contribution in [0.25, 0.3) is 0 Å². The summed E-state index contributed by atoms with van der Waals surface area (Å²) in [5.41, 5.74) is 6.35. The third-order valence-electron chi connectivity index (χ3n) is 3.06. The van der Waals surface area contributed by atoms with Crippen LogP contribution in [0.15, 0.2) is 42.5 Å². The van der Waals surface area contributed by atoms with Crippen LogP contribution in [-0.2, 0) is 11.2 Å². The van der Waals surface area contributed by atoms with E-state index < -0.39 is 11.6 Å². The van der Waals surface area contributed by atoms with Crippen LogP contribution in [0.5, 0.6) is 0 Å². The lowest BCUT2D eigenvalue weighted by Crippen LogP contribution is -2.14. The summed E-state index contributed by atoms with van der Waals surface area (Å²) in [5, 5.41) is 2.39. The van der Waals surface area contributed by atoms with Gasteiger partial charge in [-0.05, 0) is 24.5 Å². The Labute approximate surface area is 121 Å². The molecule has 0 fully saturated rings. The van der Waals surface area contributed by atoms with Crippen LogP contribution in [0.3, 0.4) is 0 Å². The van der Waals surface area contributed by atoms with E-state index in [1.165, 1.54) is 0 Å². The molecule has 0 saturated carbocycles. The van der Waals surface area contributed by atoms with Gasteiger partial charge in [0, 0.05) is 12.5 Å². The highest BCUT2D eigenvalue weighted by atomic mass is 19.1. The number of anilines is 2. The molecule has 21 heavy (non-hydrogen) atoms. The molecule has 0 unspecified atom stereocenters. The van der Waals surface area contributed by atoms with Crippen LogP contribution in [0.4, 0.5) is 20.2 Å². The van der Waals surface area contributed by atoms with Crippen molar-refractivity contribution in [3.8, 4) is 0 Å². The summed E-state index contributed by atoms with van der Waals surface area (Å²) in [7, 11) is 0. The van der Waals surface area contributed by atoms with Gasteiger partial charge in [0.05, 0.1) is 5.69 Å². The van der Waals surface area contributed by atoms with Crippen LogP contribution in [0, 0.1) is 11.6 Å². The van der Waals surface area contributed by atoms with Gasteiger partial charge in [0.1, 0.15) is 11.5 Å². The zero-order valence-corrected chi connectivity index (χ0v) is 11.4. The number of nitrogens with one attached hydrogen (secondary N) is 1. The zero-order valence-electron chi connectivity index (χ0n) is 11.4. The molecule has 0 aliphatic heterocycles. The Kier molecular flexibility index (Phi) is 4.87. The molecule has 1 amide bonds. The van der Waals surface area contributed by atoms with E-state index in [4.69, 9.17) is 5.73 Å². The number of nitrogens with two attached hydrogens (primary N) is 1. The highest BCUT2D eigenvalue weighted by Crippen LogP contribution is 2.24. The van der Waals surface area contributed by atoms with Gasteiger partial charge >= 0.3 is 0 Å². The van der Waals surface area contributed by atoms with E-state index in [2.05, 4.69) is 5.32 Å². The van der Waals surface area contributed by atoms with Crippen LogP contribution in [0.2, 0.25) is 0 Å². The van der Waals surface area contributed by atoms with Crippen LogP contribution in [0.1, 0.15) is 18.4 Å². The normalized spacial score (nSPS) is 10.4. The Morgan fingerprint density at radius 3 is 2.52 bits per heavy atom. The second-order valence-electron chi connectivity index (χ2n) is 4.74. The molecule has 0 radical (unpaired) electrons. The van der Waals surface area contributed by atoms with Gasteiger partial charge < -0.3 is 11.1 Å². The number of amides is 1. The van der Waals surface area contributed by atoms with Crippen molar-refractivity contribution in [3.63, 3.8) is 0 Å². The van der Waals surface area contributed by atoms with Gasteiger partial charge in [-0.15, -0.1) is 0 Å². The third kappa shape index (κ3) is 4.27. The second kappa shape index (κ2) is 6.83. The molecular weight excluding hydrogens is 274 g/mol. The first-order valence-electron chi connectivity index (χ1n) is 6.64. The van der Waals surface area contributed by atoms with Crippen LogP contribution >= 0.6 is 0 Å². The largest absolute Gasteiger partial charge is 0.397 e. The molecule has 0 aromatic heterocycles. The van der Waals surface area contributed by atoms with Crippen molar-refractivity contribution in [2.75, 3.05) is 11.1 Å². The molecule has 0 bridgehead atoms. The number of carbonyl (C=O) groups excluding carboxylic acids is 1.